The Balaban J connectivity index is 2.13. The van der Waals surface area contributed by atoms with E-state index in [1.807, 2.05) is 0 Å². The van der Waals surface area contributed by atoms with Crippen LogP contribution in [0.25, 0.3) is 10.1 Å². The first-order valence-corrected chi connectivity index (χ1v) is 7.71. The Labute approximate surface area is 126 Å². The number of thiophene rings is 1. The van der Waals surface area contributed by atoms with Gasteiger partial charge in [0.2, 0.25) is 0 Å². The molecule has 114 valence electrons. The summed E-state index contributed by atoms with van der Waals surface area (Å²) in [6.45, 7) is 1.23. The van der Waals surface area contributed by atoms with E-state index in [2.05, 4.69) is 5.32 Å². The van der Waals surface area contributed by atoms with Crippen LogP contribution in [0, 0.1) is 5.82 Å². The first-order valence-electron chi connectivity index (χ1n) is 6.90. The zero-order valence-electron chi connectivity index (χ0n) is 11.6. The van der Waals surface area contributed by atoms with E-state index in [0.29, 0.717) is 28.7 Å². The highest BCUT2D eigenvalue weighted by Gasteiger charge is 2.19. The Morgan fingerprint density at radius 3 is 2.81 bits per heavy atom. The number of aliphatic hydroxyl groups is 1. The molecule has 1 heterocycles. The predicted octanol–water partition coefficient (Wildman–Crippen LogP) is 2.99. The van der Waals surface area contributed by atoms with E-state index in [-0.39, 0.29) is 17.3 Å². The molecule has 0 bridgehead atoms. The molecule has 6 heteroatoms. The van der Waals surface area contributed by atoms with Crippen LogP contribution in [0.3, 0.4) is 0 Å². The molecule has 0 radical (unpaired) electrons. The highest BCUT2D eigenvalue weighted by molar-refractivity contribution is 7.21. The van der Waals surface area contributed by atoms with Crippen molar-refractivity contribution in [1.29, 1.82) is 0 Å². The second-order valence-corrected chi connectivity index (χ2v) is 5.84. The summed E-state index contributed by atoms with van der Waals surface area (Å²) in [5.74, 6) is -1.40. The smallest absolute Gasteiger partial charge is 0.346 e. The molecule has 0 aliphatic rings. The fraction of sp³-hybridized carbons (Fsp3) is 0.400. The lowest BCUT2D eigenvalue weighted by Crippen LogP contribution is -2.16. The van der Waals surface area contributed by atoms with Gasteiger partial charge in [0.25, 0.3) is 0 Å². The topological polar surface area (TPSA) is 69.6 Å². The fourth-order valence-electron chi connectivity index (χ4n) is 2.26. The lowest BCUT2D eigenvalue weighted by atomic mass is 10.1. The first kappa shape index (κ1) is 15.9. The molecule has 0 atom stereocenters. The third-order valence-electron chi connectivity index (χ3n) is 3.27. The van der Waals surface area contributed by atoms with Crippen molar-refractivity contribution >= 4 is 27.4 Å². The van der Waals surface area contributed by atoms with Crippen molar-refractivity contribution in [2.75, 3.05) is 13.2 Å². The molecule has 0 saturated carbocycles. The van der Waals surface area contributed by atoms with Crippen LogP contribution >= 0.6 is 11.3 Å². The molecule has 2 rings (SSSR count). The highest BCUT2D eigenvalue weighted by atomic mass is 32.1. The van der Waals surface area contributed by atoms with E-state index in [1.165, 1.54) is 6.07 Å². The van der Waals surface area contributed by atoms with E-state index in [1.54, 1.807) is 12.1 Å². The van der Waals surface area contributed by atoms with E-state index in [0.717, 1.165) is 30.6 Å². The van der Waals surface area contributed by atoms with Gasteiger partial charge < -0.3 is 15.5 Å². The van der Waals surface area contributed by atoms with Crippen LogP contribution in [0.4, 0.5) is 4.39 Å². The zero-order valence-corrected chi connectivity index (χ0v) is 12.4. The standard InChI is InChI=1S/C15H18FNO3S/c16-11-5-4-6-12-13(11)10(14(21-12)15(19)20)9-17-7-2-1-3-8-18/h4-6,17-18H,1-3,7-9H2,(H,19,20). The van der Waals surface area contributed by atoms with Crippen molar-refractivity contribution in [3.05, 3.63) is 34.5 Å². The van der Waals surface area contributed by atoms with Crippen molar-refractivity contribution < 1.29 is 19.4 Å². The van der Waals surface area contributed by atoms with Crippen LogP contribution in [-0.4, -0.2) is 29.3 Å². The van der Waals surface area contributed by atoms with E-state index in [4.69, 9.17) is 5.11 Å². The lowest BCUT2D eigenvalue weighted by Gasteiger charge is -2.05. The Kier molecular flexibility index (Phi) is 5.67. The van der Waals surface area contributed by atoms with Gasteiger partial charge in [-0.1, -0.05) is 6.07 Å². The zero-order chi connectivity index (χ0) is 15.2. The van der Waals surface area contributed by atoms with Gasteiger partial charge in [-0.05, 0) is 37.9 Å². The maximum absolute atomic E-state index is 14.0. The van der Waals surface area contributed by atoms with Gasteiger partial charge in [-0.25, -0.2) is 9.18 Å². The van der Waals surface area contributed by atoms with Crippen LogP contribution in [-0.2, 0) is 6.54 Å². The van der Waals surface area contributed by atoms with Crippen LogP contribution < -0.4 is 5.32 Å². The van der Waals surface area contributed by atoms with Gasteiger partial charge in [0, 0.05) is 28.8 Å². The van der Waals surface area contributed by atoms with Crippen molar-refractivity contribution in [1.82, 2.24) is 5.32 Å². The highest BCUT2D eigenvalue weighted by Crippen LogP contribution is 2.33. The van der Waals surface area contributed by atoms with E-state index < -0.39 is 5.97 Å². The van der Waals surface area contributed by atoms with Crippen molar-refractivity contribution in [2.24, 2.45) is 0 Å². The molecule has 0 spiro atoms. The summed E-state index contributed by atoms with van der Waals surface area (Å²) in [6, 6.07) is 4.68. The molecule has 2 aromatic rings. The van der Waals surface area contributed by atoms with Gasteiger partial charge in [0.1, 0.15) is 10.7 Å². The third-order valence-corrected chi connectivity index (χ3v) is 4.46. The summed E-state index contributed by atoms with van der Waals surface area (Å²) in [5.41, 5.74) is 0.516. The lowest BCUT2D eigenvalue weighted by molar-refractivity contribution is 0.0701. The number of nitrogens with one attached hydrogen (secondary N) is 1. The summed E-state index contributed by atoms with van der Waals surface area (Å²) >= 11 is 1.11. The molecule has 3 N–H and O–H groups in total. The fourth-order valence-corrected chi connectivity index (χ4v) is 3.33. The number of aromatic carboxylic acids is 1. The van der Waals surface area contributed by atoms with E-state index >= 15 is 0 Å². The predicted molar refractivity (Wildman–Crippen MR) is 81.4 cm³/mol. The molecule has 0 saturated heterocycles. The molecule has 0 fully saturated rings. The van der Waals surface area contributed by atoms with Gasteiger partial charge in [-0.3, -0.25) is 0 Å². The quantitative estimate of drug-likeness (QED) is 0.656. The summed E-state index contributed by atoms with van der Waals surface area (Å²) < 4.78 is 14.6. The second kappa shape index (κ2) is 7.49. The molecule has 0 amide bonds. The number of benzene rings is 1. The average Bonchev–Trinajstić information content (AvgIpc) is 2.83. The van der Waals surface area contributed by atoms with E-state index in [9.17, 15) is 14.3 Å². The molecular formula is C15H18FNO3S. The number of aliphatic hydroxyl groups excluding tert-OH is 1. The summed E-state index contributed by atoms with van der Waals surface area (Å²) in [7, 11) is 0. The summed E-state index contributed by atoms with van der Waals surface area (Å²) in [6.07, 6.45) is 2.57. The van der Waals surface area contributed by atoms with Crippen LogP contribution in [0.5, 0.6) is 0 Å². The van der Waals surface area contributed by atoms with Crippen molar-refractivity contribution in [3.8, 4) is 0 Å². The number of hydrogen-bond donors (Lipinski definition) is 3. The minimum Gasteiger partial charge on any atom is -0.477 e. The minimum atomic E-state index is -1.02. The first-order chi connectivity index (χ1) is 10.1. The Hall–Kier alpha value is -1.50. The van der Waals surface area contributed by atoms with Gasteiger partial charge in [0.15, 0.2) is 0 Å². The van der Waals surface area contributed by atoms with Gasteiger partial charge in [0.05, 0.1) is 0 Å². The SMILES string of the molecule is O=C(O)c1sc2cccc(F)c2c1CNCCCCCO. The number of unbranched alkanes of at least 4 members (excludes halogenated alkanes) is 2. The molecule has 0 unspecified atom stereocenters. The monoisotopic (exact) mass is 311 g/mol. The number of carboxylic acid groups (broad SMARTS) is 1. The maximum Gasteiger partial charge on any atom is 0.346 e. The Morgan fingerprint density at radius 2 is 2.10 bits per heavy atom. The number of halogens is 1. The number of carbonyl (C=O) groups is 1. The maximum atomic E-state index is 14.0. The molecular weight excluding hydrogens is 293 g/mol. The number of fused-ring (bicyclic) bond motifs is 1. The van der Waals surface area contributed by atoms with Crippen LogP contribution in [0.2, 0.25) is 0 Å². The normalized spacial score (nSPS) is 11.1. The molecule has 1 aromatic heterocycles. The van der Waals surface area contributed by atoms with Gasteiger partial charge in [-0.15, -0.1) is 11.3 Å². The number of hydrogen-bond acceptors (Lipinski definition) is 4. The largest absolute Gasteiger partial charge is 0.477 e. The molecule has 21 heavy (non-hydrogen) atoms. The molecule has 1 aromatic carbocycles. The van der Waals surface area contributed by atoms with Crippen molar-refractivity contribution in [2.45, 2.75) is 25.8 Å². The third kappa shape index (κ3) is 3.78. The van der Waals surface area contributed by atoms with Crippen LogP contribution in [0.15, 0.2) is 18.2 Å². The molecule has 4 nitrogen and oxygen atoms in total. The molecule has 0 aliphatic heterocycles. The van der Waals surface area contributed by atoms with Crippen molar-refractivity contribution in [3.63, 3.8) is 0 Å². The average molecular weight is 311 g/mol. The summed E-state index contributed by atoms with van der Waals surface area (Å²) in [4.78, 5) is 11.5. The minimum absolute atomic E-state index is 0.184. The van der Waals surface area contributed by atoms with Gasteiger partial charge in [-0.2, -0.15) is 0 Å². The molecule has 0 aliphatic carbocycles. The Morgan fingerprint density at radius 1 is 1.29 bits per heavy atom. The van der Waals surface area contributed by atoms with Gasteiger partial charge >= 0.3 is 5.97 Å². The summed E-state index contributed by atoms with van der Waals surface area (Å²) in [5, 5.41) is 21.5. The Bertz CT molecular complexity index is 627. The van der Waals surface area contributed by atoms with Crippen LogP contribution in [0.1, 0.15) is 34.5 Å². The number of carboxylic acids is 1. The number of rotatable bonds is 8. The second-order valence-electron chi connectivity index (χ2n) is 4.79.